The van der Waals surface area contributed by atoms with Gasteiger partial charge in [-0.05, 0) is 36.6 Å². The summed E-state index contributed by atoms with van der Waals surface area (Å²) in [6.45, 7) is 0.529. The largest absolute Gasteiger partial charge is 0.504 e. The molecule has 0 aliphatic rings. The fourth-order valence-electron chi connectivity index (χ4n) is 3.84. The van der Waals surface area contributed by atoms with E-state index in [0.29, 0.717) is 18.7 Å². The first-order chi connectivity index (χ1) is 16.0. The first kappa shape index (κ1) is 22.8. The van der Waals surface area contributed by atoms with E-state index in [4.69, 9.17) is 19.8 Å². The van der Waals surface area contributed by atoms with Crippen LogP contribution in [-0.2, 0) is 17.8 Å². The molecular weight excluding hydrogens is 438 g/mol. The Morgan fingerprint density at radius 3 is 2.73 bits per heavy atom. The fraction of sp³-hybridized carbons (Fsp3) is 0.320. The number of methoxy groups -OCH3 is 1. The highest BCUT2D eigenvalue weighted by atomic mass is 32.1. The van der Waals surface area contributed by atoms with Crippen LogP contribution in [0.3, 0.4) is 0 Å². The van der Waals surface area contributed by atoms with Crippen LogP contribution in [-0.4, -0.2) is 33.3 Å². The van der Waals surface area contributed by atoms with Crippen molar-refractivity contribution in [2.45, 2.75) is 45.1 Å². The van der Waals surface area contributed by atoms with Gasteiger partial charge in [0.2, 0.25) is 0 Å². The number of anilines is 1. The van der Waals surface area contributed by atoms with Gasteiger partial charge in [-0.15, -0.1) is 11.3 Å². The molecule has 0 bridgehead atoms. The summed E-state index contributed by atoms with van der Waals surface area (Å²) in [5.74, 6) is 1.39. The fourth-order valence-corrected chi connectivity index (χ4v) is 4.93. The summed E-state index contributed by atoms with van der Waals surface area (Å²) in [6, 6.07) is 13.5. The molecule has 172 valence electrons. The minimum Gasteiger partial charge on any atom is -0.504 e. The van der Waals surface area contributed by atoms with Crippen LogP contribution in [0.25, 0.3) is 20.3 Å². The molecule has 8 heteroatoms. The molecule has 33 heavy (non-hydrogen) atoms. The van der Waals surface area contributed by atoms with Crippen molar-refractivity contribution in [1.82, 2.24) is 9.97 Å². The first-order valence-corrected chi connectivity index (χ1v) is 11.9. The van der Waals surface area contributed by atoms with Gasteiger partial charge in [0, 0.05) is 29.5 Å². The highest BCUT2D eigenvalue weighted by molar-refractivity contribution is 7.25. The number of thiophene rings is 1. The van der Waals surface area contributed by atoms with Crippen LogP contribution in [0.2, 0.25) is 0 Å². The van der Waals surface area contributed by atoms with Crippen molar-refractivity contribution in [1.29, 1.82) is 0 Å². The number of carbonyl (C=O) groups is 1. The SMILES string of the molecule is COc1cc(CNc2nc(CCCCCCC(=O)O)nc3sc4ccccc4c23)ccc1O. The Morgan fingerprint density at radius 2 is 1.91 bits per heavy atom. The van der Waals surface area contributed by atoms with Crippen molar-refractivity contribution >= 4 is 43.4 Å². The number of phenols is 1. The van der Waals surface area contributed by atoms with E-state index < -0.39 is 5.97 Å². The average Bonchev–Trinajstić information content (AvgIpc) is 3.19. The van der Waals surface area contributed by atoms with Gasteiger partial charge in [-0.3, -0.25) is 4.79 Å². The highest BCUT2D eigenvalue weighted by Gasteiger charge is 2.14. The summed E-state index contributed by atoms with van der Waals surface area (Å²) in [5.41, 5.74) is 0.968. The molecule has 2 aromatic heterocycles. The number of nitrogens with one attached hydrogen (secondary N) is 1. The third-order valence-electron chi connectivity index (χ3n) is 5.53. The highest BCUT2D eigenvalue weighted by Crippen LogP contribution is 2.37. The van der Waals surface area contributed by atoms with Crippen LogP contribution < -0.4 is 10.1 Å². The van der Waals surface area contributed by atoms with E-state index in [2.05, 4.69) is 17.4 Å². The van der Waals surface area contributed by atoms with E-state index in [1.807, 2.05) is 24.3 Å². The molecule has 0 fully saturated rings. The van der Waals surface area contributed by atoms with E-state index in [1.54, 1.807) is 17.4 Å². The van der Waals surface area contributed by atoms with E-state index in [0.717, 1.165) is 58.5 Å². The third kappa shape index (κ3) is 5.51. The second-order valence-electron chi connectivity index (χ2n) is 7.93. The number of hydrogen-bond donors (Lipinski definition) is 3. The number of fused-ring (bicyclic) bond motifs is 3. The molecular formula is C25H27N3O4S. The predicted molar refractivity (Wildman–Crippen MR) is 131 cm³/mol. The molecule has 0 aliphatic carbocycles. The molecule has 2 heterocycles. The lowest BCUT2D eigenvalue weighted by molar-refractivity contribution is -0.137. The number of carboxylic acids is 1. The molecule has 4 aromatic rings. The van der Waals surface area contributed by atoms with Gasteiger partial charge in [0.05, 0.1) is 12.5 Å². The van der Waals surface area contributed by atoms with Crippen molar-refractivity contribution in [3.05, 3.63) is 53.9 Å². The van der Waals surface area contributed by atoms with E-state index >= 15 is 0 Å². The van der Waals surface area contributed by atoms with Gasteiger partial charge in [0.15, 0.2) is 11.5 Å². The zero-order chi connectivity index (χ0) is 23.2. The maximum atomic E-state index is 10.7. The minimum atomic E-state index is -0.740. The summed E-state index contributed by atoms with van der Waals surface area (Å²) in [6.07, 6.45) is 4.45. The van der Waals surface area contributed by atoms with Crippen molar-refractivity contribution in [3.63, 3.8) is 0 Å². The standard InChI is InChI=1S/C25H27N3O4S/c1-32-19-14-16(12-13-18(19)29)15-26-24-23-17-8-6-7-9-20(17)33-25(23)28-21(27-24)10-4-2-3-5-11-22(30)31/h6-9,12-14,29H,2-5,10-11,15H2,1H3,(H,30,31)(H,26,27,28). The summed E-state index contributed by atoms with van der Waals surface area (Å²) >= 11 is 1.66. The van der Waals surface area contributed by atoms with Crippen molar-refractivity contribution in [2.24, 2.45) is 0 Å². The molecule has 0 aliphatic heterocycles. The molecule has 7 nitrogen and oxygen atoms in total. The second kappa shape index (κ2) is 10.5. The van der Waals surface area contributed by atoms with Crippen molar-refractivity contribution in [2.75, 3.05) is 12.4 Å². The van der Waals surface area contributed by atoms with E-state index in [-0.39, 0.29) is 12.2 Å². The van der Waals surface area contributed by atoms with E-state index in [1.165, 1.54) is 11.8 Å². The number of benzene rings is 2. The summed E-state index contributed by atoms with van der Waals surface area (Å²) in [7, 11) is 1.53. The molecule has 0 radical (unpaired) electrons. The number of aromatic hydroxyl groups is 1. The topological polar surface area (TPSA) is 105 Å². The monoisotopic (exact) mass is 465 g/mol. The second-order valence-corrected chi connectivity index (χ2v) is 8.97. The Hall–Kier alpha value is -3.39. The molecule has 4 rings (SSSR count). The van der Waals surface area contributed by atoms with Gasteiger partial charge in [-0.2, -0.15) is 0 Å². The Bertz CT molecular complexity index is 1270. The van der Waals surface area contributed by atoms with E-state index in [9.17, 15) is 9.90 Å². The first-order valence-electron chi connectivity index (χ1n) is 11.0. The van der Waals surface area contributed by atoms with Gasteiger partial charge in [-0.1, -0.05) is 37.1 Å². The molecule has 0 atom stereocenters. The molecule has 0 spiro atoms. The maximum absolute atomic E-state index is 10.7. The number of aryl methyl sites for hydroxylation is 1. The van der Waals surface area contributed by atoms with Crippen LogP contribution in [0, 0.1) is 0 Å². The number of aromatic nitrogens is 2. The zero-order valence-corrected chi connectivity index (χ0v) is 19.3. The van der Waals surface area contributed by atoms with Crippen molar-refractivity contribution < 1.29 is 19.7 Å². The number of unbranched alkanes of at least 4 members (excludes halogenated alkanes) is 3. The van der Waals surface area contributed by atoms with Crippen molar-refractivity contribution in [3.8, 4) is 11.5 Å². The maximum Gasteiger partial charge on any atom is 0.303 e. The number of rotatable bonds is 11. The number of hydrogen-bond acceptors (Lipinski definition) is 7. The van der Waals surface area contributed by atoms with Crippen LogP contribution in [0.1, 0.15) is 43.5 Å². The van der Waals surface area contributed by atoms with Crippen LogP contribution in [0.15, 0.2) is 42.5 Å². The molecule has 3 N–H and O–H groups in total. The molecule has 2 aromatic carbocycles. The number of ether oxygens (including phenoxy) is 1. The zero-order valence-electron chi connectivity index (χ0n) is 18.5. The average molecular weight is 466 g/mol. The third-order valence-corrected chi connectivity index (χ3v) is 6.59. The Balaban J connectivity index is 1.55. The molecule has 0 amide bonds. The lowest BCUT2D eigenvalue weighted by Crippen LogP contribution is -2.05. The van der Waals surface area contributed by atoms with Gasteiger partial charge >= 0.3 is 5.97 Å². The lowest BCUT2D eigenvalue weighted by Gasteiger charge is -2.11. The number of nitrogens with zero attached hydrogens (tertiary/aromatic N) is 2. The number of phenolic OH excluding ortho intramolecular Hbond substituents is 1. The Morgan fingerprint density at radius 1 is 1.09 bits per heavy atom. The van der Waals surface area contributed by atoms with Crippen LogP contribution in [0.5, 0.6) is 11.5 Å². The summed E-state index contributed by atoms with van der Waals surface area (Å²) < 4.78 is 6.39. The van der Waals surface area contributed by atoms with Gasteiger partial charge < -0.3 is 20.3 Å². The predicted octanol–water partition coefficient (Wildman–Crippen LogP) is 5.75. The van der Waals surface area contributed by atoms with Gasteiger partial charge in [-0.25, -0.2) is 9.97 Å². The molecule has 0 saturated heterocycles. The molecule has 0 unspecified atom stereocenters. The van der Waals surface area contributed by atoms with Crippen LogP contribution >= 0.6 is 11.3 Å². The lowest BCUT2D eigenvalue weighted by atomic mass is 10.1. The Labute approximate surface area is 196 Å². The van der Waals surface area contributed by atoms with Crippen LogP contribution in [0.4, 0.5) is 5.82 Å². The van der Waals surface area contributed by atoms with Gasteiger partial charge in [0.25, 0.3) is 0 Å². The number of aliphatic carboxylic acids is 1. The van der Waals surface area contributed by atoms with Gasteiger partial charge in [0.1, 0.15) is 16.5 Å². The Kier molecular flexibility index (Phi) is 7.24. The quantitative estimate of drug-likeness (QED) is 0.242. The summed E-state index contributed by atoms with van der Waals surface area (Å²) in [4.78, 5) is 21.3. The molecule has 0 saturated carbocycles. The normalized spacial score (nSPS) is 11.2. The minimum absolute atomic E-state index is 0.111. The smallest absolute Gasteiger partial charge is 0.303 e. The number of carboxylic acid groups (broad SMARTS) is 1. The summed E-state index contributed by atoms with van der Waals surface area (Å²) in [5, 5.41) is 24.2.